The van der Waals surface area contributed by atoms with Crippen molar-refractivity contribution in [3.05, 3.63) is 59.5 Å². The van der Waals surface area contributed by atoms with Gasteiger partial charge in [-0.15, -0.1) is 10.2 Å². The molecular formula is C17H18N4O2. The lowest BCUT2D eigenvalue weighted by Crippen LogP contribution is -2.29. The lowest BCUT2D eigenvalue weighted by Gasteiger charge is -2.10. The number of benzene rings is 1. The molecule has 0 fully saturated rings. The van der Waals surface area contributed by atoms with Crippen LogP contribution in [0.5, 0.6) is 5.75 Å². The number of hydrogen-bond donors (Lipinski definition) is 1. The van der Waals surface area contributed by atoms with E-state index in [1.165, 1.54) is 0 Å². The number of nitrogens with zero attached hydrogens (tertiary/aromatic N) is 3. The molecule has 0 bridgehead atoms. The highest BCUT2D eigenvalue weighted by Gasteiger charge is 2.08. The van der Waals surface area contributed by atoms with E-state index in [1.807, 2.05) is 60.8 Å². The predicted octanol–water partition coefficient (Wildman–Crippen LogP) is 2.04. The topological polar surface area (TPSA) is 68.5 Å². The molecule has 2 aromatic heterocycles. The molecule has 0 aliphatic rings. The van der Waals surface area contributed by atoms with Gasteiger partial charge in [-0.1, -0.05) is 18.2 Å². The Hall–Kier alpha value is -2.89. The smallest absolute Gasteiger partial charge is 0.258 e. The summed E-state index contributed by atoms with van der Waals surface area (Å²) in [6.45, 7) is 4.27. The molecule has 0 unspecified atom stereocenters. The summed E-state index contributed by atoms with van der Waals surface area (Å²) in [5.41, 5.74) is 2.94. The minimum atomic E-state index is -0.196. The molecule has 0 saturated heterocycles. The Labute approximate surface area is 134 Å². The van der Waals surface area contributed by atoms with Gasteiger partial charge in [0.15, 0.2) is 18.1 Å². The summed E-state index contributed by atoms with van der Waals surface area (Å²) in [6, 6.07) is 11.4. The van der Waals surface area contributed by atoms with Gasteiger partial charge in [0.05, 0.1) is 6.54 Å². The van der Waals surface area contributed by atoms with Crippen LogP contribution in [0, 0.1) is 13.8 Å². The third-order valence-electron chi connectivity index (χ3n) is 3.74. The van der Waals surface area contributed by atoms with Crippen LogP contribution in [0.1, 0.15) is 17.0 Å². The summed E-state index contributed by atoms with van der Waals surface area (Å²) >= 11 is 0. The van der Waals surface area contributed by atoms with E-state index in [0.717, 1.165) is 22.5 Å². The van der Waals surface area contributed by atoms with Crippen molar-refractivity contribution in [3.63, 3.8) is 0 Å². The number of ether oxygens (including phenoxy) is 1. The van der Waals surface area contributed by atoms with E-state index in [4.69, 9.17) is 4.74 Å². The second-order valence-corrected chi connectivity index (χ2v) is 5.31. The molecule has 0 atom stereocenters. The van der Waals surface area contributed by atoms with Crippen molar-refractivity contribution in [2.45, 2.75) is 20.4 Å². The molecule has 6 nitrogen and oxygen atoms in total. The molecule has 3 rings (SSSR count). The Morgan fingerprint density at radius 2 is 2.04 bits per heavy atom. The molecule has 0 spiro atoms. The Kier molecular flexibility index (Phi) is 4.23. The number of carbonyl (C=O) groups is 1. The molecule has 1 amide bonds. The highest BCUT2D eigenvalue weighted by atomic mass is 16.5. The van der Waals surface area contributed by atoms with Gasteiger partial charge in [0.1, 0.15) is 5.75 Å². The van der Waals surface area contributed by atoms with Crippen LogP contribution in [0.3, 0.4) is 0 Å². The SMILES string of the molecule is Cc1cccc(OCC(=O)NCc2nnc3ccccn23)c1C. The van der Waals surface area contributed by atoms with E-state index in [0.29, 0.717) is 12.4 Å². The fourth-order valence-corrected chi connectivity index (χ4v) is 2.26. The second-order valence-electron chi connectivity index (χ2n) is 5.31. The maximum Gasteiger partial charge on any atom is 0.258 e. The number of amides is 1. The number of fused-ring (bicyclic) bond motifs is 1. The quantitative estimate of drug-likeness (QED) is 0.783. The highest BCUT2D eigenvalue weighted by molar-refractivity contribution is 5.77. The number of pyridine rings is 1. The molecule has 1 N–H and O–H groups in total. The van der Waals surface area contributed by atoms with Gasteiger partial charge in [-0.3, -0.25) is 9.20 Å². The minimum absolute atomic E-state index is 0.0268. The lowest BCUT2D eigenvalue weighted by molar-refractivity contribution is -0.123. The zero-order chi connectivity index (χ0) is 16.2. The molecule has 0 saturated carbocycles. The van der Waals surface area contributed by atoms with Gasteiger partial charge in [0, 0.05) is 6.20 Å². The summed E-state index contributed by atoms with van der Waals surface area (Å²) in [5.74, 6) is 1.22. The summed E-state index contributed by atoms with van der Waals surface area (Å²) in [6.07, 6.45) is 1.86. The number of nitrogens with one attached hydrogen (secondary N) is 1. The summed E-state index contributed by atoms with van der Waals surface area (Å²) in [7, 11) is 0. The van der Waals surface area contributed by atoms with E-state index < -0.39 is 0 Å². The number of carbonyl (C=O) groups excluding carboxylic acids is 1. The third kappa shape index (κ3) is 3.31. The number of aromatic nitrogens is 3. The standard InChI is InChI=1S/C17H18N4O2/c1-12-6-5-7-14(13(12)2)23-11-17(22)18-10-16-20-19-15-8-3-4-9-21(15)16/h3-9H,10-11H2,1-2H3,(H,18,22). The van der Waals surface area contributed by atoms with Crippen LogP contribution >= 0.6 is 0 Å². The molecule has 0 aliphatic heterocycles. The Morgan fingerprint density at radius 1 is 1.17 bits per heavy atom. The van der Waals surface area contributed by atoms with Crippen LogP contribution in [-0.2, 0) is 11.3 Å². The van der Waals surface area contributed by atoms with Gasteiger partial charge in [-0.2, -0.15) is 0 Å². The van der Waals surface area contributed by atoms with Crippen LogP contribution < -0.4 is 10.1 Å². The Bertz CT molecular complexity index is 841. The van der Waals surface area contributed by atoms with Gasteiger partial charge < -0.3 is 10.1 Å². The minimum Gasteiger partial charge on any atom is -0.483 e. The molecule has 3 aromatic rings. The molecule has 23 heavy (non-hydrogen) atoms. The van der Waals surface area contributed by atoms with Crippen molar-refractivity contribution in [3.8, 4) is 5.75 Å². The average Bonchev–Trinajstić information content (AvgIpc) is 2.97. The highest BCUT2D eigenvalue weighted by Crippen LogP contribution is 2.20. The molecule has 1 aromatic carbocycles. The number of rotatable bonds is 5. The van der Waals surface area contributed by atoms with Gasteiger partial charge in [-0.05, 0) is 43.2 Å². The fourth-order valence-electron chi connectivity index (χ4n) is 2.26. The van der Waals surface area contributed by atoms with Gasteiger partial charge in [-0.25, -0.2) is 0 Å². The lowest BCUT2D eigenvalue weighted by atomic mass is 10.1. The van der Waals surface area contributed by atoms with E-state index in [-0.39, 0.29) is 12.5 Å². The van der Waals surface area contributed by atoms with Gasteiger partial charge >= 0.3 is 0 Å². The predicted molar refractivity (Wildman–Crippen MR) is 86.2 cm³/mol. The maximum atomic E-state index is 12.0. The second kappa shape index (κ2) is 6.48. The van der Waals surface area contributed by atoms with Crippen LogP contribution in [0.15, 0.2) is 42.6 Å². The van der Waals surface area contributed by atoms with Crippen molar-refractivity contribution in [1.82, 2.24) is 19.9 Å². The van der Waals surface area contributed by atoms with Gasteiger partial charge in [0.25, 0.3) is 5.91 Å². The first-order chi connectivity index (χ1) is 11.1. The number of hydrogen-bond acceptors (Lipinski definition) is 4. The normalized spacial score (nSPS) is 10.7. The largest absolute Gasteiger partial charge is 0.483 e. The Balaban J connectivity index is 1.57. The fraction of sp³-hybridized carbons (Fsp3) is 0.235. The third-order valence-corrected chi connectivity index (χ3v) is 3.74. The summed E-state index contributed by atoms with van der Waals surface area (Å²) < 4.78 is 7.42. The monoisotopic (exact) mass is 310 g/mol. The first-order valence-electron chi connectivity index (χ1n) is 7.39. The van der Waals surface area contributed by atoms with E-state index >= 15 is 0 Å². The van der Waals surface area contributed by atoms with E-state index in [1.54, 1.807) is 0 Å². The molecule has 6 heteroatoms. The van der Waals surface area contributed by atoms with Gasteiger partial charge in [0.2, 0.25) is 0 Å². The molecule has 0 radical (unpaired) electrons. The first kappa shape index (κ1) is 15.0. The van der Waals surface area contributed by atoms with Crippen LogP contribution in [0.25, 0.3) is 5.65 Å². The maximum absolute atomic E-state index is 12.0. The average molecular weight is 310 g/mol. The zero-order valence-electron chi connectivity index (χ0n) is 13.1. The van der Waals surface area contributed by atoms with Crippen molar-refractivity contribution in [1.29, 1.82) is 0 Å². The molecule has 0 aliphatic carbocycles. The molecule has 118 valence electrons. The van der Waals surface area contributed by atoms with E-state index in [2.05, 4.69) is 15.5 Å². The summed E-state index contributed by atoms with van der Waals surface area (Å²) in [4.78, 5) is 12.0. The zero-order valence-corrected chi connectivity index (χ0v) is 13.1. The van der Waals surface area contributed by atoms with Crippen molar-refractivity contribution >= 4 is 11.6 Å². The molecule has 2 heterocycles. The molecular weight excluding hydrogens is 292 g/mol. The van der Waals surface area contributed by atoms with Crippen molar-refractivity contribution in [2.24, 2.45) is 0 Å². The van der Waals surface area contributed by atoms with E-state index in [9.17, 15) is 4.79 Å². The van der Waals surface area contributed by atoms with Crippen molar-refractivity contribution < 1.29 is 9.53 Å². The number of aryl methyl sites for hydroxylation is 1. The summed E-state index contributed by atoms with van der Waals surface area (Å²) in [5, 5.41) is 10.9. The Morgan fingerprint density at radius 3 is 2.91 bits per heavy atom. The van der Waals surface area contributed by atoms with Crippen LogP contribution in [0.2, 0.25) is 0 Å². The first-order valence-corrected chi connectivity index (χ1v) is 7.39. The van der Waals surface area contributed by atoms with Crippen molar-refractivity contribution in [2.75, 3.05) is 6.61 Å². The van der Waals surface area contributed by atoms with Crippen LogP contribution in [-0.4, -0.2) is 27.1 Å². The van der Waals surface area contributed by atoms with Crippen LogP contribution in [0.4, 0.5) is 0 Å².